The number of methoxy groups -OCH3 is 2. The number of anilines is 1. The summed E-state index contributed by atoms with van der Waals surface area (Å²) >= 11 is 0. The molecule has 1 fully saturated rings. The normalized spacial score (nSPS) is 21.7. The summed E-state index contributed by atoms with van der Waals surface area (Å²) in [4.78, 5) is 10.7. The van der Waals surface area contributed by atoms with E-state index in [4.69, 9.17) is 9.47 Å². The van der Waals surface area contributed by atoms with Gasteiger partial charge < -0.3 is 14.8 Å². The quantitative estimate of drug-likeness (QED) is 0.395. The van der Waals surface area contributed by atoms with E-state index in [0.717, 1.165) is 0 Å². The maximum atomic E-state index is 15.4. The molecule has 0 spiro atoms. The molecule has 3 aromatic rings. The number of hydrogen-bond acceptors (Lipinski definition) is 7. The third-order valence-electron chi connectivity index (χ3n) is 7.14. The Morgan fingerprint density at radius 3 is 2.82 bits per heavy atom. The van der Waals surface area contributed by atoms with Crippen LogP contribution in [0.1, 0.15) is 30.7 Å². The number of nitrogens with one attached hydrogen (secondary N) is 1. The smallest absolute Gasteiger partial charge is 0.244 e. The van der Waals surface area contributed by atoms with Crippen molar-refractivity contribution in [1.29, 1.82) is 0 Å². The Balaban J connectivity index is 1.45. The molecule has 1 N–H and O–H groups in total. The molecule has 12 heteroatoms. The van der Waals surface area contributed by atoms with Crippen LogP contribution >= 0.6 is 0 Å². The zero-order valence-corrected chi connectivity index (χ0v) is 21.2. The van der Waals surface area contributed by atoms with Gasteiger partial charge in [0.15, 0.2) is 5.82 Å². The first-order valence-corrected chi connectivity index (χ1v) is 12.6. The standard InChI is InChI=1S/C26H30F4N6O2/c1-37-10-9-35-8-6-21(18(27)13-35)32-26-33-25(38-2)24-23(19(28)14-36(24)34-26)16-3-4-20-17(11-16)15(5-7-31-20)12-22(29)30/h3-4,7,11,14-15,18,21-22H,5-6,8-10,12-13H2,1-2H3,(H,32,34)/t15?,18-,21+/m0/s1. The van der Waals surface area contributed by atoms with Crippen LogP contribution in [0.5, 0.6) is 5.88 Å². The molecule has 1 saturated heterocycles. The van der Waals surface area contributed by atoms with Crippen molar-refractivity contribution >= 4 is 23.4 Å². The molecule has 2 aromatic heterocycles. The first-order chi connectivity index (χ1) is 18.4. The van der Waals surface area contributed by atoms with Crippen LogP contribution in [0.15, 0.2) is 29.4 Å². The van der Waals surface area contributed by atoms with Gasteiger partial charge in [0.05, 0.1) is 37.2 Å². The van der Waals surface area contributed by atoms with E-state index in [9.17, 15) is 13.2 Å². The minimum absolute atomic E-state index is 0.106. The average molecular weight is 535 g/mol. The van der Waals surface area contributed by atoms with Crippen molar-refractivity contribution in [2.45, 2.75) is 43.8 Å². The molecule has 0 amide bonds. The molecule has 8 nitrogen and oxygen atoms in total. The van der Waals surface area contributed by atoms with Gasteiger partial charge in [0, 0.05) is 39.4 Å². The topological polar surface area (TPSA) is 76.3 Å². The summed E-state index contributed by atoms with van der Waals surface area (Å²) in [6.07, 6.45) is -0.143. The van der Waals surface area contributed by atoms with Crippen LogP contribution in [0.4, 0.5) is 29.2 Å². The Morgan fingerprint density at radius 2 is 2.08 bits per heavy atom. The number of piperidine rings is 1. The van der Waals surface area contributed by atoms with Gasteiger partial charge in [0.1, 0.15) is 11.7 Å². The Bertz CT molecular complexity index is 1320. The molecule has 0 radical (unpaired) electrons. The number of rotatable bonds is 9. The molecule has 38 heavy (non-hydrogen) atoms. The fourth-order valence-corrected chi connectivity index (χ4v) is 5.22. The highest BCUT2D eigenvalue weighted by molar-refractivity contribution is 5.86. The molecule has 2 aliphatic heterocycles. The highest BCUT2D eigenvalue weighted by Crippen LogP contribution is 2.41. The molecule has 5 rings (SSSR count). The molecule has 4 heterocycles. The maximum absolute atomic E-state index is 15.4. The summed E-state index contributed by atoms with van der Waals surface area (Å²) in [6.45, 7) is 2.15. The van der Waals surface area contributed by atoms with Crippen molar-refractivity contribution in [2.24, 2.45) is 4.99 Å². The number of nitrogens with zero attached hydrogens (tertiary/aromatic N) is 5. The minimum atomic E-state index is -2.46. The molecule has 2 aliphatic rings. The highest BCUT2D eigenvalue weighted by Gasteiger charge is 2.30. The number of ether oxygens (including phenoxy) is 2. The molecule has 0 aliphatic carbocycles. The van der Waals surface area contributed by atoms with Gasteiger partial charge in [-0.15, -0.1) is 5.10 Å². The van der Waals surface area contributed by atoms with Crippen LogP contribution in [0.2, 0.25) is 0 Å². The summed E-state index contributed by atoms with van der Waals surface area (Å²) in [6, 6.07) is 4.58. The number of benzene rings is 1. The maximum Gasteiger partial charge on any atom is 0.244 e. The summed E-state index contributed by atoms with van der Waals surface area (Å²) in [7, 11) is 3.02. The molecule has 204 valence electrons. The minimum Gasteiger partial charge on any atom is -0.479 e. The summed E-state index contributed by atoms with van der Waals surface area (Å²) in [5.41, 5.74) is 2.20. The lowest BCUT2D eigenvalue weighted by Crippen LogP contribution is -2.48. The zero-order valence-electron chi connectivity index (χ0n) is 21.2. The van der Waals surface area contributed by atoms with Crippen LogP contribution < -0.4 is 10.1 Å². The van der Waals surface area contributed by atoms with Crippen molar-refractivity contribution in [3.63, 3.8) is 0 Å². The van der Waals surface area contributed by atoms with Gasteiger partial charge in [0.2, 0.25) is 18.3 Å². The second kappa shape index (κ2) is 11.2. The number of alkyl halides is 3. The molecule has 1 aromatic carbocycles. The SMILES string of the molecule is COCCN1CC[C@@H](Nc2nc(OC)c3c(-c4ccc5c(c4)C(CC(F)F)CC=N5)c(F)cn3n2)[C@@H](F)C1. The van der Waals surface area contributed by atoms with E-state index >= 15 is 4.39 Å². The molecular weight excluding hydrogens is 504 g/mol. The van der Waals surface area contributed by atoms with Gasteiger partial charge in [-0.25, -0.2) is 22.1 Å². The van der Waals surface area contributed by atoms with E-state index in [0.29, 0.717) is 49.4 Å². The Labute approximate surface area is 217 Å². The van der Waals surface area contributed by atoms with Gasteiger partial charge in [-0.2, -0.15) is 4.98 Å². The van der Waals surface area contributed by atoms with Crippen LogP contribution in [0, 0.1) is 5.82 Å². The second-order valence-corrected chi connectivity index (χ2v) is 9.58. The summed E-state index contributed by atoms with van der Waals surface area (Å²) < 4.78 is 68.5. The van der Waals surface area contributed by atoms with Gasteiger partial charge in [0.25, 0.3) is 0 Å². The van der Waals surface area contributed by atoms with E-state index < -0.39 is 30.4 Å². The van der Waals surface area contributed by atoms with Crippen molar-refractivity contribution in [2.75, 3.05) is 45.8 Å². The number of aromatic nitrogens is 3. The van der Waals surface area contributed by atoms with Crippen LogP contribution in [-0.2, 0) is 4.74 Å². The van der Waals surface area contributed by atoms with E-state index in [2.05, 4.69) is 20.4 Å². The van der Waals surface area contributed by atoms with Crippen LogP contribution in [0.3, 0.4) is 0 Å². The number of likely N-dealkylation sites (tertiary alicyclic amines) is 1. The number of fused-ring (bicyclic) bond motifs is 2. The van der Waals surface area contributed by atoms with Crippen molar-refractivity contribution < 1.29 is 27.0 Å². The van der Waals surface area contributed by atoms with Crippen molar-refractivity contribution in [3.05, 3.63) is 35.8 Å². The lowest BCUT2D eigenvalue weighted by atomic mass is 9.88. The van der Waals surface area contributed by atoms with Crippen molar-refractivity contribution in [3.8, 4) is 17.0 Å². The lowest BCUT2D eigenvalue weighted by Gasteiger charge is -2.34. The molecule has 1 unspecified atom stereocenters. The monoisotopic (exact) mass is 534 g/mol. The lowest BCUT2D eigenvalue weighted by molar-refractivity contribution is 0.0918. The van der Waals surface area contributed by atoms with Crippen LogP contribution in [-0.4, -0.2) is 84.8 Å². The number of aliphatic imine (C=N–C) groups is 1. The third kappa shape index (κ3) is 5.32. The Morgan fingerprint density at radius 1 is 1.24 bits per heavy atom. The third-order valence-corrected chi connectivity index (χ3v) is 7.14. The molecule has 0 saturated carbocycles. The van der Waals surface area contributed by atoms with Crippen LogP contribution in [0.25, 0.3) is 16.6 Å². The van der Waals surface area contributed by atoms with Crippen molar-refractivity contribution in [1.82, 2.24) is 19.5 Å². The van der Waals surface area contributed by atoms with E-state index in [1.54, 1.807) is 31.5 Å². The molecular formula is C26H30F4N6O2. The van der Waals surface area contributed by atoms with Gasteiger partial charge in [-0.3, -0.25) is 9.89 Å². The van der Waals surface area contributed by atoms with Gasteiger partial charge >= 0.3 is 0 Å². The number of halogens is 4. The Hall–Kier alpha value is -3.25. The predicted molar refractivity (Wildman–Crippen MR) is 136 cm³/mol. The fourth-order valence-electron chi connectivity index (χ4n) is 5.22. The summed E-state index contributed by atoms with van der Waals surface area (Å²) in [5, 5.41) is 7.42. The highest BCUT2D eigenvalue weighted by atomic mass is 19.3. The summed E-state index contributed by atoms with van der Waals surface area (Å²) in [5.74, 6) is -0.767. The fraction of sp³-hybridized carbons (Fsp3) is 0.500. The van der Waals surface area contributed by atoms with E-state index in [1.807, 2.05) is 4.90 Å². The zero-order chi connectivity index (χ0) is 26.8. The first kappa shape index (κ1) is 26.4. The predicted octanol–water partition coefficient (Wildman–Crippen LogP) is 4.86. The average Bonchev–Trinajstić information content (AvgIpc) is 3.23. The van der Waals surface area contributed by atoms with E-state index in [1.165, 1.54) is 17.8 Å². The first-order valence-electron chi connectivity index (χ1n) is 12.6. The van der Waals surface area contributed by atoms with Gasteiger partial charge in [-0.1, -0.05) is 6.07 Å². The van der Waals surface area contributed by atoms with E-state index in [-0.39, 0.29) is 35.9 Å². The number of hydrogen-bond donors (Lipinski definition) is 1. The largest absolute Gasteiger partial charge is 0.479 e. The second-order valence-electron chi connectivity index (χ2n) is 9.58. The Kier molecular flexibility index (Phi) is 7.80. The molecule has 0 bridgehead atoms. The van der Waals surface area contributed by atoms with Gasteiger partial charge in [-0.05, 0) is 42.0 Å². The molecule has 3 atom stereocenters.